The van der Waals surface area contributed by atoms with Gasteiger partial charge in [0.15, 0.2) is 5.88 Å². The minimum absolute atomic E-state index is 0.0612. The Morgan fingerprint density at radius 2 is 2.00 bits per heavy atom. The van der Waals surface area contributed by atoms with Crippen LogP contribution in [0.25, 0.3) is 10.9 Å². The van der Waals surface area contributed by atoms with E-state index in [0.717, 1.165) is 16.5 Å². The number of hydrogen-bond donors (Lipinski definition) is 2. The van der Waals surface area contributed by atoms with Gasteiger partial charge in [-0.1, -0.05) is 12.1 Å². The Morgan fingerprint density at radius 1 is 1.23 bits per heavy atom. The van der Waals surface area contributed by atoms with Gasteiger partial charge in [-0.05, 0) is 35.9 Å². The lowest BCUT2D eigenvalue weighted by Crippen LogP contribution is -1.86. The van der Waals surface area contributed by atoms with Gasteiger partial charge in [0.2, 0.25) is 0 Å². The number of methoxy groups -OCH3 is 1. The highest BCUT2D eigenvalue weighted by atomic mass is 19.1. The van der Waals surface area contributed by atoms with Crippen LogP contribution in [-0.2, 0) is 6.54 Å². The fraction of sp³-hybridized carbons (Fsp3) is 0.118. The largest absolute Gasteiger partial charge is 0.497 e. The summed E-state index contributed by atoms with van der Waals surface area (Å²) in [7, 11) is 1.59. The Kier molecular flexibility index (Phi) is 3.78. The first-order valence-corrected chi connectivity index (χ1v) is 6.80. The van der Waals surface area contributed by atoms with Gasteiger partial charge in [-0.15, -0.1) is 0 Å². The van der Waals surface area contributed by atoms with Crippen LogP contribution in [0.2, 0.25) is 0 Å². The molecule has 4 nitrogen and oxygen atoms in total. The van der Waals surface area contributed by atoms with Crippen molar-refractivity contribution in [1.29, 1.82) is 0 Å². The molecule has 3 rings (SSSR count). The number of aromatic amines is 1. The smallest absolute Gasteiger partial charge is 0.198 e. The molecule has 2 aromatic carbocycles. The average molecular weight is 298 g/mol. The highest BCUT2D eigenvalue weighted by Gasteiger charge is 2.09. The number of aliphatic imine (C=N–C) groups is 1. The highest BCUT2D eigenvalue weighted by molar-refractivity contribution is 6.02. The second kappa shape index (κ2) is 5.89. The normalized spacial score (nSPS) is 11.4. The van der Waals surface area contributed by atoms with Crippen molar-refractivity contribution in [3.8, 4) is 11.6 Å². The van der Waals surface area contributed by atoms with E-state index < -0.39 is 0 Å². The van der Waals surface area contributed by atoms with Crippen molar-refractivity contribution in [2.45, 2.75) is 6.54 Å². The van der Waals surface area contributed by atoms with Crippen molar-refractivity contribution in [3.05, 3.63) is 59.4 Å². The molecule has 1 heterocycles. The van der Waals surface area contributed by atoms with E-state index in [2.05, 4.69) is 9.98 Å². The lowest BCUT2D eigenvalue weighted by molar-refractivity contribution is 0.415. The van der Waals surface area contributed by atoms with E-state index in [9.17, 15) is 9.50 Å². The Balaban J connectivity index is 1.87. The van der Waals surface area contributed by atoms with Crippen molar-refractivity contribution >= 4 is 17.1 Å². The summed E-state index contributed by atoms with van der Waals surface area (Å²) in [6.45, 7) is 0.413. The molecule has 2 N–H and O–H groups in total. The predicted octanol–water partition coefficient (Wildman–Crippen LogP) is 3.64. The average Bonchev–Trinajstić information content (AvgIpc) is 2.84. The quantitative estimate of drug-likeness (QED) is 0.722. The summed E-state index contributed by atoms with van der Waals surface area (Å²) in [6, 6.07) is 11.7. The number of nitrogens with zero attached hydrogens (tertiary/aromatic N) is 1. The van der Waals surface area contributed by atoms with Gasteiger partial charge in [-0.25, -0.2) is 4.39 Å². The number of rotatable bonds is 4. The van der Waals surface area contributed by atoms with Gasteiger partial charge in [0.05, 0.1) is 19.2 Å². The van der Waals surface area contributed by atoms with Gasteiger partial charge in [-0.3, -0.25) is 4.99 Å². The predicted molar refractivity (Wildman–Crippen MR) is 84.2 cm³/mol. The zero-order valence-corrected chi connectivity index (χ0v) is 12.0. The van der Waals surface area contributed by atoms with Crippen LogP contribution in [-0.4, -0.2) is 23.4 Å². The van der Waals surface area contributed by atoms with Crippen molar-refractivity contribution < 1.29 is 14.2 Å². The molecule has 0 radical (unpaired) electrons. The molecular weight excluding hydrogens is 283 g/mol. The van der Waals surface area contributed by atoms with Gasteiger partial charge in [-0.2, -0.15) is 0 Å². The molecule has 3 aromatic rings. The van der Waals surface area contributed by atoms with E-state index in [0.29, 0.717) is 17.9 Å². The molecular formula is C17H15FN2O2. The van der Waals surface area contributed by atoms with Crippen molar-refractivity contribution in [1.82, 2.24) is 4.98 Å². The Bertz CT molecular complexity index is 823. The van der Waals surface area contributed by atoms with Gasteiger partial charge >= 0.3 is 0 Å². The van der Waals surface area contributed by atoms with E-state index in [1.54, 1.807) is 25.5 Å². The molecule has 0 saturated carbocycles. The Morgan fingerprint density at radius 3 is 2.73 bits per heavy atom. The fourth-order valence-electron chi connectivity index (χ4n) is 2.27. The molecule has 0 spiro atoms. The summed E-state index contributed by atoms with van der Waals surface area (Å²) < 4.78 is 18.0. The summed E-state index contributed by atoms with van der Waals surface area (Å²) in [6.07, 6.45) is 1.61. The van der Waals surface area contributed by atoms with E-state index in [1.807, 2.05) is 18.2 Å². The molecule has 0 fully saturated rings. The van der Waals surface area contributed by atoms with Gasteiger partial charge in [0, 0.05) is 17.1 Å². The number of nitrogens with one attached hydrogen (secondary N) is 1. The second-order valence-corrected chi connectivity index (χ2v) is 4.90. The topological polar surface area (TPSA) is 57.6 Å². The summed E-state index contributed by atoms with van der Waals surface area (Å²) in [5.74, 6) is 0.500. The zero-order chi connectivity index (χ0) is 15.5. The van der Waals surface area contributed by atoms with Crippen LogP contribution in [0.5, 0.6) is 11.6 Å². The minimum Gasteiger partial charge on any atom is -0.497 e. The van der Waals surface area contributed by atoms with Crippen LogP contribution >= 0.6 is 0 Å². The molecule has 22 heavy (non-hydrogen) atoms. The summed E-state index contributed by atoms with van der Waals surface area (Å²) in [5, 5.41) is 10.8. The summed E-state index contributed by atoms with van der Waals surface area (Å²) >= 11 is 0. The highest BCUT2D eigenvalue weighted by Crippen LogP contribution is 2.28. The molecule has 0 saturated heterocycles. The molecule has 0 aliphatic carbocycles. The number of hydrogen-bond acceptors (Lipinski definition) is 3. The molecule has 5 heteroatoms. The third kappa shape index (κ3) is 2.79. The third-order valence-electron chi connectivity index (χ3n) is 3.43. The van der Waals surface area contributed by atoms with Crippen molar-refractivity contribution in [3.63, 3.8) is 0 Å². The monoisotopic (exact) mass is 298 g/mol. The van der Waals surface area contributed by atoms with Crippen LogP contribution < -0.4 is 4.74 Å². The van der Waals surface area contributed by atoms with E-state index in [1.165, 1.54) is 12.1 Å². The van der Waals surface area contributed by atoms with Gasteiger partial charge in [0.25, 0.3) is 0 Å². The van der Waals surface area contributed by atoms with Crippen LogP contribution in [0.15, 0.2) is 47.5 Å². The maximum atomic E-state index is 12.8. The molecule has 0 aliphatic heterocycles. The number of fused-ring (bicyclic) bond motifs is 1. The first-order chi connectivity index (χ1) is 10.7. The van der Waals surface area contributed by atoms with Crippen LogP contribution in [0.1, 0.15) is 11.1 Å². The summed E-state index contributed by atoms with van der Waals surface area (Å²) in [4.78, 5) is 7.21. The number of aromatic nitrogens is 1. The molecule has 112 valence electrons. The number of halogens is 1. The molecule has 0 aliphatic rings. The molecule has 0 unspecified atom stereocenters. The number of H-pyrrole nitrogens is 1. The lowest BCUT2D eigenvalue weighted by atomic mass is 10.1. The zero-order valence-electron chi connectivity index (χ0n) is 12.0. The molecule has 0 amide bonds. The van der Waals surface area contributed by atoms with Gasteiger partial charge < -0.3 is 14.8 Å². The first kappa shape index (κ1) is 14.1. The minimum atomic E-state index is -0.269. The van der Waals surface area contributed by atoms with E-state index >= 15 is 0 Å². The Labute approximate surface area is 126 Å². The van der Waals surface area contributed by atoms with Crippen LogP contribution in [0.4, 0.5) is 4.39 Å². The SMILES string of the molecule is COc1ccc2[nH]c(O)c(C=NCc3ccc(F)cc3)c2c1. The fourth-order valence-corrected chi connectivity index (χ4v) is 2.27. The van der Waals surface area contributed by atoms with Crippen LogP contribution in [0.3, 0.4) is 0 Å². The van der Waals surface area contributed by atoms with Crippen LogP contribution in [0, 0.1) is 5.82 Å². The molecule has 0 atom stereocenters. The van der Waals surface area contributed by atoms with Crippen molar-refractivity contribution in [2.75, 3.05) is 7.11 Å². The van der Waals surface area contributed by atoms with E-state index in [4.69, 9.17) is 4.74 Å². The maximum absolute atomic E-state index is 12.8. The van der Waals surface area contributed by atoms with Gasteiger partial charge in [0.1, 0.15) is 11.6 Å². The van der Waals surface area contributed by atoms with E-state index in [-0.39, 0.29) is 11.7 Å². The molecule has 1 aromatic heterocycles. The summed E-state index contributed by atoms with van der Waals surface area (Å²) in [5.41, 5.74) is 2.31. The maximum Gasteiger partial charge on any atom is 0.198 e. The third-order valence-corrected chi connectivity index (χ3v) is 3.43. The molecule has 0 bridgehead atoms. The first-order valence-electron chi connectivity index (χ1n) is 6.80. The number of benzene rings is 2. The number of ether oxygens (including phenoxy) is 1. The second-order valence-electron chi connectivity index (χ2n) is 4.90. The number of aromatic hydroxyl groups is 1. The Hall–Kier alpha value is -2.82. The standard InChI is InChI=1S/C17H15FN2O2/c1-22-13-6-7-16-14(8-13)15(17(21)20-16)10-19-9-11-2-4-12(18)5-3-11/h2-8,10,20-21H,9H2,1H3. The van der Waals surface area contributed by atoms with Crippen molar-refractivity contribution in [2.24, 2.45) is 4.99 Å². The lowest BCUT2D eigenvalue weighted by Gasteiger charge is -1.99.